The monoisotopic (exact) mass is 559 g/mol. The van der Waals surface area contributed by atoms with Gasteiger partial charge in [0, 0.05) is 63.5 Å². The molecule has 1 amide bonds. The Bertz CT molecular complexity index is 1340. The lowest BCUT2D eigenvalue weighted by molar-refractivity contribution is -0.137. The van der Waals surface area contributed by atoms with E-state index in [1.54, 1.807) is 13.2 Å². The summed E-state index contributed by atoms with van der Waals surface area (Å²) in [5.74, 6) is -2.58. The van der Waals surface area contributed by atoms with Crippen LogP contribution in [0.25, 0.3) is 0 Å². The SMILES string of the molecule is COc1cccc(N2CCN(C[C@H]3CN(C(=O)c4c(F)cccc4F)C[C@@H]3c3cccc(C(F)(F)F)c3)CC2)c1. The molecular weight excluding hydrogens is 529 g/mol. The number of carbonyl (C=O) groups is 1. The Balaban J connectivity index is 1.35. The van der Waals surface area contributed by atoms with Gasteiger partial charge >= 0.3 is 6.18 Å². The van der Waals surface area contributed by atoms with Gasteiger partial charge < -0.3 is 14.5 Å². The number of amides is 1. The van der Waals surface area contributed by atoms with Gasteiger partial charge in [-0.1, -0.05) is 30.3 Å². The van der Waals surface area contributed by atoms with E-state index in [9.17, 15) is 26.7 Å². The van der Waals surface area contributed by atoms with Gasteiger partial charge in [-0.25, -0.2) is 8.78 Å². The van der Waals surface area contributed by atoms with Crippen molar-refractivity contribution >= 4 is 11.6 Å². The van der Waals surface area contributed by atoms with E-state index in [2.05, 4.69) is 9.80 Å². The molecule has 2 aliphatic heterocycles. The molecule has 0 unspecified atom stereocenters. The lowest BCUT2D eigenvalue weighted by Crippen LogP contribution is -2.48. The molecule has 0 aromatic heterocycles. The highest BCUT2D eigenvalue weighted by Gasteiger charge is 2.40. The molecule has 40 heavy (non-hydrogen) atoms. The third-order valence-electron chi connectivity index (χ3n) is 7.83. The first-order chi connectivity index (χ1) is 19.1. The Kier molecular flexibility index (Phi) is 7.98. The fourth-order valence-corrected chi connectivity index (χ4v) is 5.73. The number of anilines is 1. The summed E-state index contributed by atoms with van der Waals surface area (Å²) in [6, 6.07) is 16.2. The number of likely N-dealkylation sites (tertiary alicyclic amines) is 1. The van der Waals surface area contributed by atoms with Crippen LogP contribution in [0.1, 0.15) is 27.4 Å². The lowest BCUT2D eigenvalue weighted by Gasteiger charge is -2.38. The second-order valence-electron chi connectivity index (χ2n) is 10.3. The van der Waals surface area contributed by atoms with Crippen LogP contribution < -0.4 is 9.64 Å². The molecule has 2 saturated heterocycles. The number of halogens is 5. The summed E-state index contributed by atoms with van der Waals surface area (Å²) in [5.41, 5.74) is 0.1000. The highest BCUT2D eigenvalue weighted by molar-refractivity contribution is 5.95. The van der Waals surface area contributed by atoms with E-state index in [1.807, 2.05) is 24.3 Å². The van der Waals surface area contributed by atoms with Crippen molar-refractivity contribution in [2.45, 2.75) is 12.1 Å². The first kappa shape index (κ1) is 27.9. The van der Waals surface area contributed by atoms with Crippen molar-refractivity contribution in [2.75, 3.05) is 57.8 Å². The quantitative estimate of drug-likeness (QED) is 0.365. The van der Waals surface area contributed by atoms with E-state index in [0.29, 0.717) is 12.1 Å². The molecule has 0 aliphatic carbocycles. The van der Waals surface area contributed by atoms with Crippen LogP contribution in [0.5, 0.6) is 5.75 Å². The Morgan fingerprint density at radius 1 is 0.900 bits per heavy atom. The number of benzene rings is 3. The molecule has 5 rings (SSSR count). The van der Waals surface area contributed by atoms with Crippen molar-refractivity contribution in [3.8, 4) is 5.75 Å². The fourth-order valence-electron chi connectivity index (χ4n) is 5.73. The van der Waals surface area contributed by atoms with Crippen molar-refractivity contribution in [1.29, 1.82) is 0 Å². The standard InChI is InChI=1S/C30H30F5N3O2/c1-40-24-8-3-7-23(16-24)37-13-11-36(12-14-37)17-21-18-38(29(39)28-26(31)9-4-10-27(28)32)19-25(21)20-5-2-6-22(15-20)30(33,34)35/h2-10,15-16,21,25H,11-14,17-19H2,1H3/t21-,25+/m0/s1. The average molecular weight is 560 g/mol. The maximum absolute atomic E-state index is 14.4. The van der Waals surface area contributed by atoms with Crippen molar-refractivity contribution in [2.24, 2.45) is 5.92 Å². The van der Waals surface area contributed by atoms with Crippen LogP contribution >= 0.6 is 0 Å². The summed E-state index contributed by atoms with van der Waals surface area (Å²) in [4.78, 5) is 19.1. The number of carbonyl (C=O) groups excluding carboxylic acids is 1. The Morgan fingerprint density at radius 2 is 1.57 bits per heavy atom. The third-order valence-corrected chi connectivity index (χ3v) is 7.83. The topological polar surface area (TPSA) is 36.0 Å². The predicted octanol–water partition coefficient (Wildman–Crippen LogP) is 5.67. The van der Waals surface area contributed by atoms with E-state index in [0.717, 1.165) is 61.9 Å². The minimum absolute atomic E-state index is 0.0718. The van der Waals surface area contributed by atoms with Gasteiger partial charge in [0.2, 0.25) is 0 Å². The molecule has 3 aromatic carbocycles. The Hall–Kier alpha value is -3.66. The van der Waals surface area contributed by atoms with E-state index >= 15 is 0 Å². The van der Waals surface area contributed by atoms with Gasteiger partial charge in [-0.05, 0) is 41.8 Å². The summed E-state index contributed by atoms with van der Waals surface area (Å²) in [7, 11) is 1.62. The fraction of sp³-hybridized carbons (Fsp3) is 0.367. The first-order valence-electron chi connectivity index (χ1n) is 13.2. The number of piperazine rings is 1. The summed E-state index contributed by atoms with van der Waals surface area (Å²) in [5, 5.41) is 0. The highest BCUT2D eigenvalue weighted by atomic mass is 19.4. The summed E-state index contributed by atoms with van der Waals surface area (Å²) < 4.78 is 74.7. The number of nitrogens with zero attached hydrogens (tertiary/aromatic N) is 3. The third kappa shape index (κ3) is 5.91. The van der Waals surface area contributed by atoms with Crippen LogP contribution in [-0.4, -0.2) is 68.6 Å². The largest absolute Gasteiger partial charge is 0.497 e. The van der Waals surface area contributed by atoms with Gasteiger partial charge in [0.25, 0.3) is 5.91 Å². The maximum Gasteiger partial charge on any atom is 0.416 e. The summed E-state index contributed by atoms with van der Waals surface area (Å²) in [6.07, 6.45) is -4.51. The van der Waals surface area contributed by atoms with Crippen LogP contribution in [0.15, 0.2) is 66.7 Å². The molecule has 2 heterocycles. The van der Waals surface area contributed by atoms with Gasteiger partial charge in [0.15, 0.2) is 0 Å². The molecule has 0 bridgehead atoms. The van der Waals surface area contributed by atoms with Gasteiger partial charge in [0.1, 0.15) is 22.9 Å². The molecule has 212 valence electrons. The lowest BCUT2D eigenvalue weighted by atomic mass is 9.87. The first-order valence-corrected chi connectivity index (χ1v) is 13.2. The molecule has 5 nitrogen and oxygen atoms in total. The number of hydrogen-bond donors (Lipinski definition) is 0. The second kappa shape index (κ2) is 11.4. The molecule has 0 N–H and O–H groups in total. The Morgan fingerprint density at radius 3 is 2.25 bits per heavy atom. The maximum atomic E-state index is 14.4. The number of rotatable bonds is 6. The number of methoxy groups -OCH3 is 1. The van der Waals surface area contributed by atoms with E-state index < -0.39 is 40.8 Å². The zero-order valence-corrected chi connectivity index (χ0v) is 22.0. The number of alkyl halides is 3. The van der Waals surface area contributed by atoms with Crippen LogP contribution in [0, 0.1) is 17.6 Å². The summed E-state index contributed by atoms with van der Waals surface area (Å²) in [6.45, 7) is 3.73. The highest BCUT2D eigenvalue weighted by Crippen LogP contribution is 2.38. The molecular formula is C30H30F5N3O2. The van der Waals surface area contributed by atoms with Gasteiger partial charge in [-0.3, -0.25) is 9.69 Å². The van der Waals surface area contributed by atoms with E-state index in [-0.39, 0.29) is 19.0 Å². The average Bonchev–Trinajstić information content (AvgIpc) is 3.37. The number of ether oxygens (including phenoxy) is 1. The zero-order valence-electron chi connectivity index (χ0n) is 22.0. The van der Waals surface area contributed by atoms with Crippen molar-refractivity contribution in [1.82, 2.24) is 9.80 Å². The van der Waals surface area contributed by atoms with Gasteiger partial charge in [-0.2, -0.15) is 13.2 Å². The predicted molar refractivity (Wildman–Crippen MR) is 142 cm³/mol. The number of hydrogen-bond acceptors (Lipinski definition) is 4. The van der Waals surface area contributed by atoms with Crippen molar-refractivity contribution in [3.05, 3.63) is 95.1 Å². The second-order valence-corrected chi connectivity index (χ2v) is 10.3. The molecule has 2 fully saturated rings. The van der Waals surface area contributed by atoms with Crippen LogP contribution in [0.4, 0.5) is 27.6 Å². The smallest absolute Gasteiger partial charge is 0.416 e. The summed E-state index contributed by atoms with van der Waals surface area (Å²) >= 11 is 0. The molecule has 10 heteroatoms. The molecule has 2 atom stereocenters. The minimum Gasteiger partial charge on any atom is -0.497 e. The molecule has 3 aromatic rings. The van der Waals surface area contributed by atoms with Crippen molar-refractivity contribution in [3.63, 3.8) is 0 Å². The molecule has 0 spiro atoms. The van der Waals surface area contributed by atoms with E-state index in [4.69, 9.17) is 4.74 Å². The van der Waals surface area contributed by atoms with Gasteiger partial charge in [0.05, 0.1) is 12.7 Å². The normalized spacial score (nSPS) is 20.1. The molecule has 0 saturated carbocycles. The van der Waals surface area contributed by atoms with E-state index in [1.165, 1.54) is 17.0 Å². The van der Waals surface area contributed by atoms with Crippen LogP contribution in [0.3, 0.4) is 0 Å². The molecule has 2 aliphatic rings. The van der Waals surface area contributed by atoms with Crippen molar-refractivity contribution < 1.29 is 31.5 Å². The molecule has 0 radical (unpaired) electrons. The van der Waals surface area contributed by atoms with Crippen LogP contribution in [-0.2, 0) is 6.18 Å². The zero-order chi connectivity index (χ0) is 28.4. The minimum atomic E-state index is -4.51. The Labute approximate surface area is 229 Å². The van der Waals surface area contributed by atoms with Crippen LogP contribution in [0.2, 0.25) is 0 Å². The van der Waals surface area contributed by atoms with Gasteiger partial charge in [-0.15, -0.1) is 0 Å².